The largest absolute Gasteiger partial charge is 0.481 e. The summed E-state index contributed by atoms with van der Waals surface area (Å²) in [5.74, 6) is 0.777. The highest BCUT2D eigenvalue weighted by atomic mass is 16.4. The van der Waals surface area contributed by atoms with Gasteiger partial charge in [0.15, 0.2) is 5.82 Å². The van der Waals surface area contributed by atoms with Crippen LogP contribution in [0.25, 0.3) is 11.4 Å². The lowest BCUT2D eigenvalue weighted by Gasteiger charge is -2.32. The number of aliphatic carboxylic acids is 1. The van der Waals surface area contributed by atoms with E-state index in [1.54, 1.807) is 0 Å². The summed E-state index contributed by atoms with van der Waals surface area (Å²) in [4.78, 5) is 22.8. The van der Waals surface area contributed by atoms with Crippen LogP contribution < -0.4 is 4.90 Å². The Labute approximate surface area is 142 Å². The molecular formula is C19H23N3O2. The summed E-state index contributed by atoms with van der Waals surface area (Å²) in [6, 6.07) is 11.9. The number of carboxylic acids is 1. The Morgan fingerprint density at radius 1 is 1.25 bits per heavy atom. The molecule has 1 aromatic carbocycles. The molecule has 1 N–H and O–H groups in total. The van der Waals surface area contributed by atoms with Gasteiger partial charge < -0.3 is 10.0 Å². The summed E-state index contributed by atoms with van der Waals surface area (Å²) in [5.41, 5.74) is 1.96. The van der Waals surface area contributed by atoms with Gasteiger partial charge in [-0.15, -0.1) is 0 Å². The van der Waals surface area contributed by atoms with Crippen molar-refractivity contribution in [3.63, 3.8) is 0 Å². The van der Waals surface area contributed by atoms with Gasteiger partial charge >= 0.3 is 5.97 Å². The van der Waals surface area contributed by atoms with Gasteiger partial charge in [0.1, 0.15) is 5.82 Å². The Balaban J connectivity index is 1.98. The Hall–Kier alpha value is -2.43. The van der Waals surface area contributed by atoms with Crippen LogP contribution in [-0.4, -0.2) is 34.1 Å². The minimum Gasteiger partial charge on any atom is -0.481 e. The SMILES string of the molecule is CC(C)c1cc(N2CCCC(C(=O)O)C2)nc(-c2ccccc2)n1. The molecule has 1 aromatic heterocycles. The lowest BCUT2D eigenvalue weighted by atomic mass is 9.98. The number of anilines is 1. The Morgan fingerprint density at radius 2 is 2.00 bits per heavy atom. The molecule has 0 spiro atoms. The predicted molar refractivity (Wildman–Crippen MR) is 94.1 cm³/mol. The van der Waals surface area contributed by atoms with Crippen molar-refractivity contribution in [1.82, 2.24) is 9.97 Å². The van der Waals surface area contributed by atoms with Crippen molar-refractivity contribution in [2.75, 3.05) is 18.0 Å². The van der Waals surface area contributed by atoms with Crippen LogP contribution in [0.1, 0.15) is 38.3 Å². The molecule has 2 aromatic rings. The minimum atomic E-state index is -0.721. The molecule has 126 valence electrons. The number of hydrogen-bond acceptors (Lipinski definition) is 4. The maximum absolute atomic E-state index is 11.3. The fourth-order valence-corrected chi connectivity index (χ4v) is 3.01. The first-order valence-corrected chi connectivity index (χ1v) is 8.46. The second kappa shape index (κ2) is 6.99. The zero-order valence-electron chi connectivity index (χ0n) is 14.1. The van der Waals surface area contributed by atoms with Gasteiger partial charge in [-0.1, -0.05) is 44.2 Å². The van der Waals surface area contributed by atoms with Crippen LogP contribution in [0.5, 0.6) is 0 Å². The summed E-state index contributed by atoms with van der Waals surface area (Å²) in [7, 11) is 0. The van der Waals surface area contributed by atoms with Crippen molar-refractivity contribution < 1.29 is 9.90 Å². The topological polar surface area (TPSA) is 66.3 Å². The first-order valence-electron chi connectivity index (χ1n) is 8.46. The van der Waals surface area contributed by atoms with E-state index < -0.39 is 5.97 Å². The highest BCUT2D eigenvalue weighted by Crippen LogP contribution is 2.27. The van der Waals surface area contributed by atoms with E-state index in [-0.39, 0.29) is 11.8 Å². The Morgan fingerprint density at radius 3 is 2.67 bits per heavy atom. The number of carboxylic acid groups (broad SMARTS) is 1. The van der Waals surface area contributed by atoms with Crippen LogP contribution >= 0.6 is 0 Å². The van der Waals surface area contributed by atoms with Crippen LogP contribution in [0, 0.1) is 5.92 Å². The third-order valence-electron chi connectivity index (χ3n) is 4.45. The van der Waals surface area contributed by atoms with Gasteiger partial charge in [0.05, 0.1) is 5.92 Å². The molecule has 1 saturated heterocycles. The van der Waals surface area contributed by atoms with Gasteiger partial charge in [0.2, 0.25) is 0 Å². The number of carbonyl (C=O) groups is 1. The van der Waals surface area contributed by atoms with Crippen molar-refractivity contribution in [3.05, 3.63) is 42.1 Å². The molecule has 5 heteroatoms. The molecule has 0 amide bonds. The Kier molecular flexibility index (Phi) is 4.79. The average molecular weight is 325 g/mol. The molecular weight excluding hydrogens is 302 g/mol. The van der Waals surface area contributed by atoms with Crippen molar-refractivity contribution in [2.45, 2.75) is 32.6 Å². The van der Waals surface area contributed by atoms with Crippen LogP contribution in [0.3, 0.4) is 0 Å². The number of aromatic nitrogens is 2. The summed E-state index contributed by atoms with van der Waals surface area (Å²) >= 11 is 0. The molecule has 0 aliphatic carbocycles. The summed E-state index contributed by atoms with van der Waals surface area (Å²) in [6.45, 7) is 5.57. The summed E-state index contributed by atoms with van der Waals surface area (Å²) in [6.07, 6.45) is 1.61. The van der Waals surface area contributed by atoms with Crippen LogP contribution in [0.4, 0.5) is 5.82 Å². The molecule has 1 atom stereocenters. The second-order valence-electron chi connectivity index (χ2n) is 6.62. The molecule has 5 nitrogen and oxygen atoms in total. The van der Waals surface area contributed by atoms with E-state index in [4.69, 9.17) is 9.97 Å². The first-order chi connectivity index (χ1) is 11.5. The lowest BCUT2D eigenvalue weighted by molar-refractivity contribution is -0.141. The number of piperidine rings is 1. The molecule has 0 saturated carbocycles. The minimum absolute atomic E-state index is 0.286. The lowest BCUT2D eigenvalue weighted by Crippen LogP contribution is -2.39. The zero-order valence-corrected chi connectivity index (χ0v) is 14.1. The molecule has 3 rings (SSSR count). The standard InChI is InChI=1S/C19H23N3O2/c1-13(2)16-11-17(22-10-6-9-15(12-22)19(23)24)21-18(20-16)14-7-4-3-5-8-14/h3-5,7-8,11,13,15H,6,9-10,12H2,1-2H3,(H,23,24). The molecule has 2 heterocycles. The van der Waals surface area contributed by atoms with Crippen LogP contribution in [0.15, 0.2) is 36.4 Å². The maximum atomic E-state index is 11.3. The average Bonchev–Trinajstić information content (AvgIpc) is 2.62. The third kappa shape index (κ3) is 3.55. The molecule has 1 fully saturated rings. The number of benzene rings is 1. The van der Waals surface area contributed by atoms with E-state index in [9.17, 15) is 9.90 Å². The molecule has 24 heavy (non-hydrogen) atoms. The van der Waals surface area contributed by atoms with Gasteiger partial charge in [-0.3, -0.25) is 4.79 Å². The van der Waals surface area contributed by atoms with Crippen molar-refractivity contribution in [2.24, 2.45) is 5.92 Å². The number of hydrogen-bond donors (Lipinski definition) is 1. The normalized spacial score (nSPS) is 18.0. The molecule has 1 unspecified atom stereocenters. The summed E-state index contributed by atoms with van der Waals surface area (Å²) in [5, 5.41) is 9.32. The number of rotatable bonds is 4. The van der Waals surface area contributed by atoms with E-state index in [0.29, 0.717) is 12.4 Å². The maximum Gasteiger partial charge on any atom is 0.308 e. The van der Waals surface area contributed by atoms with Crippen LogP contribution in [0.2, 0.25) is 0 Å². The monoisotopic (exact) mass is 325 g/mol. The van der Waals surface area contributed by atoms with Crippen molar-refractivity contribution in [3.8, 4) is 11.4 Å². The predicted octanol–water partition coefficient (Wildman–Crippen LogP) is 3.57. The van der Waals surface area contributed by atoms with Gasteiger partial charge in [-0.2, -0.15) is 0 Å². The highest BCUT2D eigenvalue weighted by Gasteiger charge is 2.26. The molecule has 1 aliphatic heterocycles. The summed E-state index contributed by atoms with van der Waals surface area (Å²) < 4.78 is 0. The molecule has 0 radical (unpaired) electrons. The first kappa shape index (κ1) is 16.4. The Bertz CT molecular complexity index is 716. The smallest absolute Gasteiger partial charge is 0.308 e. The third-order valence-corrected chi connectivity index (χ3v) is 4.45. The number of nitrogens with zero attached hydrogens (tertiary/aromatic N) is 3. The van der Waals surface area contributed by atoms with Gasteiger partial charge in [0.25, 0.3) is 0 Å². The van der Waals surface area contributed by atoms with E-state index >= 15 is 0 Å². The van der Waals surface area contributed by atoms with E-state index in [0.717, 1.165) is 36.5 Å². The van der Waals surface area contributed by atoms with Crippen molar-refractivity contribution >= 4 is 11.8 Å². The molecule has 1 aliphatic rings. The fraction of sp³-hybridized carbons (Fsp3) is 0.421. The molecule has 0 bridgehead atoms. The van der Waals surface area contributed by atoms with Gasteiger partial charge in [-0.25, -0.2) is 9.97 Å². The van der Waals surface area contributed by atoms with E-state index in [1.165, 1.54) is 0 Å². The van der Waals surface area contributed by atoms with Crippen LogP contribution in [-0.2, 0) is 4.79 Å². The van der Waals surface area contributed by atoms with E-state index in [1.807, 2.05) is 36.4 Å². The van der Waals surface area contributed by atoms with Gasteiger partial charge in [0, 0.05) is 30.4 Å². The van der Waals surface area contributed by atoms with E-state index in [2.05, 4.69) is 18.7 Å². The fourth-order valence-electron chi connectivity index (χ4n) is 3.01. The van der Waals surface area contributed by atoms with Crippen molar-refractivity contribution in [1.29, 1.82) is 0 Å². The zero-order chi connectivity index (χ0) is 17.1. The quantitative estimate of drug-likeness (QED) is 0.931. The van der Waals surface area contributed by atoms with Gasteiger partial charge in [-0.05, 0) is 18.8 Å². The second-order valence-corrected chi connectivity index (χ2v) is 6.62. The highest BCUT2D eigenvalue weighted by molar-refractivity contribution is 5.71.